The summed E-state index contributed by atoms with van der Waals surface area (Å²) < 4.78 is 2.08. The fraction of sp³-hybridized carbons (Fsp3) is 0.533. The van der Waals surface area contributed by atoms with E-state index in [0.717, 1.165) is 17.9 Å². The third-order valence-corrected chi connectivity index (χ3v) is 4.19. The predicted molar refractivity (Wildman–Crippen MR) is 77.1 cm³/mol. The van der Waals surface area contributed by atoms with Crippen LogP contribution in [0.15, 0.2) is 30.6 Å². The van der Waals surface area contributed by atoms with Crippen LogP contribution >= 0.6 is 0 Å². The molecule has 1 N–H and O–H groups in total. The van der Waals surface area contributed by atoms with Crippen LogP contribution in [-0.2, 0) is 6.54 Å². The molecule has 0 amide bonds. The molecule has 3 rings (SSSR count). The third kappa shape index (κ3) is 2.80. The van der Waals surface area contributed by atoms with Gasteiger partial charge in [0.15, 0.2) is 0 Å². The molecule has 0 aliphatic carbocycles. The SMILES string of the molecule is CC1CC(NCc2cn3ccccc3n2)CCN1C. The van der Waals surface area contributed by atoms with E-state index in [1.54, 1.807) is 0 Å². The summed E-state index contributed by atoms with van der Waals surface area (Å²) in [6.45, 7) is 4.35. The summed E-state index contributed by atoms with van der Waals surface area (Å²) in [5, 5.41) is 3.65. The molecule has 0 bridgehead atoms. The maximum atomic E-state index is 4.62. The van der Waals surface area contributed by atoms with Crippen molar-refractivity contribution in [2.45, 2.75) is 38.4 Å². The summed E-state index contributed by atoms with van der Waals surface area (Å²) in [5.74, 6) is 0. The average molecular weight is 258 g/mol. The number of nitrogens with zero attached hydrogens (tertiary/aromatic N) is 3. The summed E-state index contributed by atoms with van der Waals surface area (Å²) in [5.41, 5.74) is 2.15. The Morgan fingerprint density at radius 1 is 1.42 bits per heavy atom. The van der Waals surface area contributed by atoms with Crippen molar-refractivity contribution in [2.24, 2.45) is 0 Å². The van der Waals surface area contributed by atoms with Gasteiger partial charge in [-0.15, -0.1) is 0 Å². The Morgan fingerprint density at radius 2 is 2.32 bits per heavy atom. The molecule has 4 nitrogen and oxygen atoms in total. The highest BCUT2D eigenvalue weighted by Crippen LogP contribution is 2.15. The minimum atomic E-state index is 0.621. The van der Waals surface area contributed by atoms with Crippen LogP contribution in [0, 0.1) is 0 Å². The lowest BCUT2D eigenvalue weighted by Gasteiger charge is -2.35. The summed E-state index contributed by atoms with van der Waals surface area (Å²) in [4.78, 5) is 7.05. The molecule has 0 spiro atoms. The van der Waals surface area contributed by atoms with E-state index >= 15 is 0 Å². The van der Waals surface area contributed by atoms with Crippen LogP contribution in [0.3, 0.4) is 0 Å². The fourth-order valence-electron chi connectivity index (χ4n) is 2.80. The van der Waals surface area contributed by atoms with Gasteiger partial charge in [-0.2, -0.15) is 0 Å². The second-order valence-corrected chi connectivity index (χ2v) is 5.63. The second kappa shape index (κ2) is 5.31. The van der Waals surface area contributed by atoms with Crippen molar-refractivity contribution < 1.29 is 0 Å². The maximum Gasteiger partial charge on any atom is 0.137 e. The molecule has 0 saturated carbocycles. The van der Waals surface area contributed by atoms with E-state index in [9.17, 15) is 0 Å². The van der Waals surface area contributed by atoms with Crippen molar-refractivity contribution in [3.63, 3.8) is 0 Å². The summed E-state index contributed by atoms with van der Waals surface area (Å²) in [6.07, 6.45) is 6.61. The Kier molecular flexibility index (Phi) is 3.53. The van der Waals surface area contributed by atoms with Gasteiger partial charge >= 0.3 is 0 Å². The van der Waals surface area contributed by atoms with E-state index in [1.807, 2.05) is 24.4 Å². The predicted octanol–water partition coefficient (Wildman–Crippen LogP) is 1.91. The highest BCUT2D eigenvalue weighted by atomic mass is 15.1. The normalized spacial score (nSPS) is 24.9. The van der Waals surface area contributed by atoms with Gasteiger partial charge in [0.25, 0.3) is 0 Å². The number of nitrogens with one attached hydrogen (secondary N) is 1. The first kappa shape index (κ1) is 12.6. The van der Waals surface area contributed by atoms with Crippen molar-refractivity contribution in [3.8, 4) is 0 Å². The molecule has 2 atom stereocenters. The maximum absolute atomic E-state index is 4.62. The zero-order chi connectivity index (χ0) is 13.2. The molecule has 2 aromatic heterocycles. The number of rotatable bonds is 3. The van der Waals surface area contributed by atoms with Gasteiger partial charge in [-0.05, 0) is 45.5 Å². The number of hydrogen-bond acceptors (Lipinski definition) is 3. The van der Waals surface area contributed by atoms with Gasteiger partial charge in [0.1, 0.15) is 5.65 Å². The molecule has 2 unspecified atom stereocenters. The van der Waals surface area contributed by atoms with Gasteiger partial charge in [0.2, 0.25) is 0 Å². The minimum absolute atomic E-state index is 0.621. The third-order valence-electron chi connectivity index (χ3n) is 4.19. The highest BCUT2D eigenvalue weighted by molar-refractivity contribution is 5.39. The van der Waals surface area contributed by atoms with Crippen molar-refractivity contribution in [1.29, 1.82) is 0 Å². The van der Waals surface area contributed by atoms with Crippen LogP contribution in [0.25, 0.3) is 5.65 Å². The smallest absolute Gasteiger partial charge is 0.137 e. The summed E-state index contributed by atoms with van der Waals surface area (Å²) >= 11 is 0. The molecule has 0 radical (unpaired) electrons. The first-order chi connectivity index (χ1) is 9.22. The molecule has 2 aromatic rings. The van der Waals surface area contributed by atoms with E-state index in [1.165, 1.54) is 19.4 Å². The van der Waals surface area contributed by atoms with Gasteiger partial charge in [0, 0.05) is 31.0 Å². The number of fused-ring (bicyclic) bond motifs is 1. The Balaban J connectivity index is 1.60. The van der Waals surface area contributed by atoms with Crippen molar-refractivity contribution in [3.05, 3.63) is 36.3 Å². The topological polar surface area (TPSA) is 32.6 Å². The molecular formula is C15H22N4. The molecule has 0 aromatic carbocycles. The van der Waals surface area contributed by atoms with E-state index < -0.39 is 0 Å². The molecule has 4 heteroatoms. The Labute approximate surface area is 114 Å². The van der Waals surface area contributed by atoms with Crippen LogP contribution in [0.2, 0.25) is 0 Å². The number of aromatic nitrogens is 2. The first-order valence-electron chi connectivity index (χ1n) is 7.08. The standard InChI is InChI=1S/C15H22N4/c1-12-9-13(6-8-18(12)2)16-10-14-11-19-7-4-3-5-15(19)17-14/h3-5,7,11-13,16H,6,8-10H2,1-2H3. The van der Waals surface area contributed by atoms with Crippen LogP contribution in [0.4, 0.5) is 0 Å². The molecule has 1 aliphatic rings. The molecular weight excluding hydrogens is 236 g/mol. The van der Waals surface area contributed by atoms with Crippen LogP contribution in [0.1, 0.15) is 25.5 Å². The van der Waals surface area contributed by atoms with Crippen molar-refractivity contribution in [2.75, 3.05) is 13.6 Å². The van der Waals surface area contributed by atoms with Gasteiger partial charge in [-0.25, -0.2) is 4.98 Å². The molecule has 19 heavy (non-hydrogen) atoms. The lowest BCUT2D eigenvalue weighted by Crippen LogP contribution is -2.45. The minimum Gasteiger partial charge on any atom is -0.308 e. The molecule has 1 aliphatic heterocycles. The number of likely N-dealkylation sites (tertiary alicyclic amines) is 1. The molecule has 102 valence electrons. The quantitative estimate of drug-likeness (QED) is 0.913. The summed E-state index contributed by atoms with van der Waals surface area (Å²) in [6, 6.07) is 7.40. The van der Waals surface area contributed by atoms with E-state index in [2.05, 4.69) is 39.8 Å². The number of imidazole rings is 1. The van der Waals surface area contributed by atoms with Gasteiger partial charge < -0.3 is 14.6 Å². The Bertz CT molecular complexity index is 515. The fourth-order valence-corrected chi connectivity index (χ4v) is 2.80. The number of hydrogen-bond donors (Lipinski definition) is 1. The zero-order valence-electron chi connectivity index (χ0n) is 11.7. The lowest BCUT2D eigenvalue weighted by atomic mass is 9.99. The molecule has 1 fully saturated rings. The zero-order valence-corrected chi connectivity index (χ0v) is 11.7. The van der Waals surface area contributed by atoms with Crippen LogP contribution < -0.4 is 5.32 Å². The molecule has 1 saturated heterocycles. The second-order valence-electron chi connectivity index (χ2n) is 5.63. The monoisotopic (exact) mass is 258 g/mol. The van der Waals surface area contributed by atoms with E-state index in [0.29, 0.717) is 12.1 Å². The van der Waals surface area contributed by atoms with Crippen LogP contribution in [-0.4, -0.2) is 40.0 Å². The lowest BCUT2D eigenvalue weighted by molar-refractivity contribution is 0.168. The Morgan fingerprint density at radius 3 is 3.11 bits per heavy atom. The van der Waals surface area contributed by atoms with Crippen molar-refractivity contribution in [1.82, 2.24) is 19.6 Å². The van der Waals surface area contributed by atoms with Crippen molar-refractivity contribution >= 4 is 5.65 Å². The van der Waals surface area contributed by atoms with Gasteiger partial charge in [0.05, 0.1) is 5.69 Å². The average Bonchev–Trinajstić information content (AvgIpc) is 2.83. The van der Waals surface area contributed by atoms with E-state index in [4.69, 9.17) is 0 Å². The van der Waals surface area contributed by atoms with E-state index in [-0.39, 0.29) is 0 Å². The summed E-state index contributed by atoms with van der Waals surface area (Å²) in [7, 11) is 2.21. The Hall–Kier alpha value is -1.39. The number of piperidine rings is 1. The highest BCUT2D eigenvalue weighted by Gasteiger charge is 2.22. The first-order valence-corrected chi connectivity index (χ1v) is 7.08. The largest absolute Gasteiger partial charge is 0.308 e. The van der Waals surface area contributed by atoms with Gasteiger partial charge in [-0.1, -0.05) is 6.07 Å². The molecule has 3 heterocycles. The number of pyridine rings is 1. The van der Waals surface area contributed by atoms with Gasteiger partial charge in [-0.3, -0.25) is 0 Å². The van der Waals surface area contributed by atoms with Crippen LogP contribution in [0.5, 0.6) is 0 Å².